The molecule has 0 aliphatic carbocycles. The Hall–Kier alpha value is -2.14. The van der Waals surface area contributed by atoms with Crippen LogP contribution in [0, 0.1) is 0 Å². The van der Waals surface area contributed by atoms with Crippen molar-refractivity contribution in [2.75, 3.05) is 45.7 Å². The molecule has 116 valence electrons. The molecule has 3 rings (SSSR count). The fraction of sp³-hybridized carbons (Fsp3) is 0.412. The van der Waals surface area contributed by atoms with Crippen LogP contribution in [0.4, 0.5) is 5.82 Å². The van der Waals surface area contributed by atoms with Crippen LogP contribution >= 0.6 is 0 Å². The first-order chi connectivity index (χ1) is 10.6. The van der Waals surface area contributed by atoms with E-state index >= 15 is 0 Å². The highest BCUT2D eigenvalue weighted by molar-refractivity contribution is 5.94. The van der Waals surface area contributed by atoms with Crippen molar-refractivity contribution in [1.29, 1.82) is 0 Å². The summed E-state index contributed by atoms with van der Waals surface area (Å²) in [5.41, 5.74) is 1.18. The van der Waals surface area contributed by atoms with E-state index in [0.717, 1.165) is 30.8 Å². The molecule has 0 N–H and O–H groups in total. The van der Waals surface area contributed by atoms with Crippen LogP contribution in [-0.4, -0.2) is 61.5 Å². The second-order valence-electron chi connectivity index (χ2n) is 6.07. The Morgan fingerprint density at radius 3 is 2.59 bits per heavy atom. The fourth-order valence-corrected chi connectivity index (χ4v) is 2.90. The molecule has 0 radical (unpaired) electrons. The van der Waals surface area contributed by atoms with Crippen LogP contribution in [0.3, 0.4) is 0 Å². The third-order valence-electron chi connectivity index (χ3n) is 4.21. The monoisotopic (exact) mass is 298 g/mol. The van der Waals surface area contributed by atoms with Crippen molar-refractivity contribution < 1.29 is 4.79 Å². The molecule has 0 bridgehead atoms. The van der Waals surface area contributed by atoms with Gasteiger partial charge in [-0.15, -0.1) is 0 Å². The lowest BCUT2D eigenvalue weighted by molar-refractivity contribution is -0.134. The normalized spacial score (nSPS) is 16.3. The molecule has 2 heterocycles. The third-order valence-corrected chi connectivity index (χ3v) is 4.21. The summed E-state index contributed by atoms with van der Waals surface area (Å²) in [7, 11) is 5.88. The topological polar surface area (TPSA) is 39.7 Å². The quantitative estimate of drug-likeness (QED) is 0.862. The van der Waals surface area contributed by atoms with Gasteiger partial charge in [-0.2, -0.15) is 0 Å². The number of hydrogen-bond acceptors (Lipinski definition) is 4. The van der Waals surface area contributed by atoms with Gasteiger partial charge in [0.25, 0.3) is 0 Å². The van der Waals surface area contributed by atoms with E-state index in [2.05, 4.69) is 28.1 Å². The number of carbonyl (C=O) groups excluding carboxylic acids is 1. The molecular formula is C17H22N4O. The van der Waals surface area contributed by atoms with E-state index in [0.29, 0.717) is 6.54 Å². The Morgan fingerprint density at radius 2 is 1.91 bits per heavy atom. The van der Waals surface area contributed by atoms with Crippen LogP contribution in [0.1, 0.15) is 5.56 Å². The molecule has 2 aromatic rings. The van der Waals surface area contributed by atoms with Gasteiger partial charge in [-0.05, 0) is 10.9 Å². The number of nitrogens with zero attached hydrogens (tertiary/aromatic N) is 4. The van der Waals surface area contributed by atoms with Crippen LogP contribution in [0.2, 0.25) is 0 Å². The largest absolute Gasteiger partial charge is 0.362 e. The summed E-state index contributed by atoms with van der Waals surface area (Å²) in [5.74, 6) is 1.17. The smallest absolute Gasteiger partial charge is 0.236 e. The van der Waals surface area contributed by atoms with E-state index in [1.54, 1.807) is 4.90 Å². The lowest BCUT2D eigenvalue weighted by Crippen LogP contribution is -2.48. The van der Waals surface area contributed by atoms with E-state index in [-0.39, 0.29) is 5.91 Å². The maximum Gasteiger partial charge on any atom is 0.236 e. The predicted octanol–water partition coefficient (Wildman–Crippen LogP) is 1.57. The zero-order chi connectivity index (χ0) is 15.7. The Morgan fingerprint density at radius 1 is 1.18 bits per heavy atom. The maximum atomic E-state index is 11.9. The molecular weight excluding hydrogens is 276 g/mol. The average molecular weight is 298 g/mol. The molecule has 1 aliphatic rings. The van der Waals surface area contributed by atoms with Crippen molar-refractivity contribution in [2.24, 2.45) is 0 Å². The molecule has 1 aromatic heterocycles. The van der Waals surface area contributed by atoms with Crippen molar-refractivity contribution in [3.63, 3.8) is 0 Å². The minimum absolute atomic E-state index is 0.188. The molecule has 0 atom stereocenters. The Balaban J connectivity index is 1.92. The van der Waals surface area contributed by atoms with Gasteiger partial charge in [-0.3, -0.25) is 9.69 Å². The SMILES string of the molecule is CN1CCN(Cc2cnc(N(C)C)c3ccccc23)CC1=O. The summed E-state index contributed by atoms with van der Waals surface area (Å²) in [6.07, 6.45) is 1.94. The van der Waals surface area contributed by atoms with Gasteiger partial charge in [0.05, 0.1) is 6.54 Å². The number of anilines is 1. The highest BCUT2D eigenvalue weighted by Crippen LogP contribution is 2.27. The van der Waals surface area contributed by atoms with E-state index in [4.69, 9.17) is 0 Å². The predicted molar refractivity (Wildman–Crippen MR) is 89.0 cm³/mol. The Labute approximate surface area is 131 Å². The van der Waals surface area contributed by atoms with Gasteiger partial charge in [0, 0.05) is 52.4 Å². The summed E-state index contributed by atoms with van der Waals surface area (Å²) in [6.45, 7) is 2.95. The van der Waals surface area contributed by atoms with E-state index in [9.17, 15) is 4.79 Å². The van der Waals surface area contributed by atoms with E-state index in [1.165, 1.54) is 10.9 Å². The first kappa shape index (κ1) is 14.8. The lowest BCUT2D eigenvalue weighted by Gasteiger charge is -2.32. The summed E-state index contributed by atoms with van der Waals surface area (Å²) in [6, 6.07) is 8.34. The minimum atomic E-state index is 0.188. The number of fused-ring (bicyclic) bond motifs is 1. The Kier molecular flexibility index (Phi) is 3.98. The van der Waals surface area contributed by atoms with Gasteiger partial charge in [-0.25, -0.2) is 4.98 Å². The summed E-state index contributed by atoms with van der Waals surface area (Å²) < 4.78 is 0. The highest BCUT2D eigenvalue weighted by atomic mass is 16.2. The Bertz CT molecular complexity index is 698. The number of rotatable bonds is 3. The summed E-state index contributed by atoms with van der Waals surface area (Å²) in [5, 5.41) is 2.37. The minimum Gasteiger partial charge on any atom is -0.362 e. The summed E-state index contributed by atoms with van der Waals surface area (Å²) >= 11 is 0. The zero-order valence-corrected chi connectivity index (χ0v) is 13.4. The van der Waals surface area contributed by atoms with Crippen molar-refractivity contribution in [1.82, 2.24) is 14.8 Å². The van der Waals surface area contributed by atoms with Gasteiger partial charge in [0.15, 0.2) is 0 Å². The molecule has 0 unspecified atom stereocenters. The molecule has 1 aromatic carbocycles. The molecule has 0 saturated carbocycles. The van der Waals surface area contributed by atoms with Gasteiger partial charge in [-0.1, -0.05) is 24.3 Å². The zero-order valence-electron chi connectivity index (χ0n) is 13.4. The molecule has 1 fully saturated rings. The maximum absolute atomic E-state index is 11.9. The fourth-order valence-electron chi connectivity index (χ4n) is 2.90. The first-order valence-electron chi connectivity index (χ1n) is 7.56. The van der Waals surface area contributed by atoms with Gasteiger partial charge in [0.1, 0.15) is 5.82 Å². The number of hydrogen-bond donors (Lipinski definition) is 0. The van der Waals surface area contributed by atoms with Crippen LogP contribution in [0.15, 0.2) is 30.5 Å². The number of aromatic nitrogens is 1. The van der Waals surface area contributed by atoms with Crippen LogP contribution in [0.5, 0.6) is 0 Å². The molecule has 0 spiro atoms. The number of amides is 1. The van der Waals surface area contributed by atoms with Crippen LogP contribution < -0.4 is 4.90 Å². The van der Waals surface area contributed by atoms with Crippen molar-refractivity contribution in [2.45, 2.75) is 6.54 Å². The number of carbonyl (C=O) groups is 1. The molecule has 1 aliphatic heterocycles. The van der Waals surface area contributed by atoms with Gasteiger partial charge in [0.2, 0.25) is 5.91 Å². The van der Waals surface area contributed by atoms with Crippen LogP contribution in [0.25, 0.3) is 10.8 Å². The highest BCUT2D eigenvalue weighted by Gasteiger charge is 2.21. The van der Waals surface area contributed by atoms with E-state index in [1.807, 2.05) is 38.3 Å². The second-order valence-corrected chi connectivity index (χ2v) is 6.07. The number of likely N-dealkylation sites (N-methyl/N-ethyl adjacent to an activating group) is 1. The standard InChI is InChI=1S/C17H22N4O/c1-19(2)17-15-7-5-4-6-14(15)13(10-18-17)11-21-9-8-20(3)16(22)12-21/h4-7,10H,8-9,11-12H2,1-3H3. The van der Waals surface area contributed by atoms with Crippen LogP contribution in [-0.2, 0) is 11.3 Å². The van der Waals surface area contributed by atoms with Crippen molar-refractivity contribution in [3.05, 3.63) is 36.0 Å². The molecule has 5 nitrogen and oxygen atoms in total. The molecule has 5 heteroatoms. The first-order valence-corrected chi connectivity index (χ1v) is 7.56. The summed E-state index contributed by atoms with van der Waals surface area (Å²) in [4.78, 5) is 22.5. The van der Waals surface area contributed by atoms with Crippen molar-refractivity contribution >= 4 is 22.5 Å². The molecule has 22 heavy (non-hydrogen) atoms. The third kappa shape index (κ3) is 2.76. The molecule has 1 saturated heterocycles. The van der Waals surface area contributed by atoms with E-state index < -0.39 is 0 Å². The average Bonchev–Trinajstić information content (AvgIpc) is 2.51. The molecule has 1 amide bonds. The second kappa shape index (κ2) is 5.93. The lowest BCUT2D eigenvalue weighted by atomic mass is 10.1. The van der Waals surface area contributed by atoms with Gasteiger partial charge >= 0.3 is 0 Å². The number of benzene rings is 1. The number of pyridine rings is 1. The van der Waals surface area contributed by atoms with Crippen molar-refractivity contribution in [3.8, 4) is 0 Å². The van der Waals surface area contributed by atoms with Gasteiger partial charge < -0.3 is 9.80 Å². The number of piperazine rings is 1.